The zero-order valence-electron chi connectivity index (χ0n) is 16.1. The van der Waals surface area contributed by atoms with Crippen molar-refractivity contribution in [2.45, 2.75) is 40.2 Å². The molecular formula is C20H33N3O2. The summed E-state index contributed by atoms with van der Waals surface area (Å²) in [5.41, 5.74) is 1.21. The Morgan fingerprint density at radius 3 is 2.96 bits per heavy atom. The molecule has 0 aromatic heterocycles. The van der Waals surface area contributed by atoms with Gasteiger partial charge >= 0.3 is 0 Å². The number of hydrogen-bond acceptors (Lipinski definition) is 3. The zero-order chi connectivity index (χ0) is 18.1. The van der Waals surface area contributed by atoms with Gasteiger partial charge in [0.1, 0.15) is 11.9 Å². The second-order valence-electron chi connectivity index (χ2n) is 6.70. The summed E-state index contributed by atoms with van der Waals surface area (Å²) in [7, 11) is 0. The van der Waals surface area contributed by atoms with Crippen molar-refractivity contribution in [3.05, 3.63) is 29.8 Å². The first-order valence-corrected chi connectivity index (χ1v) is 9.46. The summed E-state index contributed by atoms with van der Waals surface area (Å²) in [6, 6.07) is 8.15. The quantitative estimate of drug-likeness (QED) is 0.580. The zero-order valence-corrected chi connectivity index (χ0v) is 16.1. The molecule has 5 heteroatoms. The van der Waals surface area contributed by atoms with Crippen LogP contribution in [0.15, 0.2) is 29.3 Å². The standard InChI is InChI=1S/C20H33N3O2/c1-5-21-20(23-11-10-18(14-23)15-24-6-2)22-13-17(4)25-19-9-7-8-16(3)12-19/h7-9,12,17-18H,5-6,10-11,13-15H2,1-4H3,(H,21,22). The summed E-state index contributed by atoms with van der Waals surface area (Å²) < 4.78 is 11.6. The van der Waals surface area contributed by atoms with E-state index in [0.717, 1.165) is 44.6 Å². The fraction of sp³-hybridized carbons (Fsp3) is 0.650. The van der Waals surface area contributed by atoms with Gasteiger partial charge in [-0.2, -0.15) is 0 Å². The maximum atomic E-state index is 5.99. The van der Waals surface area contributed by atoms with Gasteiger partial charge < -0.3 is 19.7 Å². The molecule has 1 aliphatic heterocycles. The number of ether oxygens (including phenoxy) is 2. The summed E-state index contributed by atoms with van der Waals surface area (Å²) in [6.07, 6.45) is 1.21. The van der Waals surface area contributed by atoms with Gasteiger partial charge in [0.2, 0.25) is 0 Å². The van der Waals surface area contributed by atoms with Crippen LogP contribution in [-0.4, -0.2) is 56.4 Å². The van der Waals surface area contributed by atoms with E-state index in [1.54, 1.807) is 0 Å². The van der Waals surface area contributed by atoms with E-state index in [2.05, 4.69) is 43.1 Å². The minimum atomic E-state index is 0.0391. The van der Waals surface area contributed by atoms with Gasteiger partial charge in [-0.3, -0.25) is 0 Å². The number of likely N-dealkylation sites (tertiary alicyclic amines) is 1. The highest BCUT2D eigenvalue weighted by molar-refractivity contribution is 5.80. The predicted molar refractivity (Wildman–Crippen MR) is 103 cm³/mol. The maximum absolute atomic E-state index is 5.99. The van der Waals surface area contributed by atoms with Crippen molar-refractivity contribution >= 4 is 5.96 Å². The number of nitrogens with zero attached hydrogens (tertiary/aromatic N) is 2. The summed E-state index contributed by atoms with van der Waals surface area (Å²) in [4.78, 5) is 7.13. The molecule has 25 heavy (non-hydrogen) atoms. The van der Waals surface area contributed by atoms with E-state index >= 15 is 0 Å². The van der Waals surface area contributed by atoms with Crippen molar-refractivity contribution in [2.24, 2.45) is 10.9 Å². The van der Waals surface area contributed by atoms with Gasteiger partial charge in [-0.1, -0.05) is 12.1 Å². The molecule has 0 radical (unpaired) electrons. The van der Waals surface area contributed by atoms with Crippen LogP contribution < -0.4 is 10.1 Å². The Balaban J connectivity index is 1.88. The lowest BCUT2D eigenvalue weighted by atomic mass is 10.1. The SMILES string of the molecule is CCNC(=NCC(C)Oc1cccc(C)c1)N1CCC(COCC)C1. The first-order chi connectivity index (χ1) is 12.1. The lowest BCUT2D eigenvalue weighted by Gasteiger charge is -2.22. The molecule has 0 aliphatic carbocycles. The van der Waals surface area contributed by atoms with E-state index in [-0.39, 0.29) is 6.10 Å². The molecule has 0 bridgehead atoms. The van der Waals surface area contributed by atoms with Crippen molar-refractivity contribution in [3.8, 4) is 5.75 Å². The molecule has 1 fully saturated rings. The molecule has 140 valence electrons. The minimum absolute atomic E-state index is 0.0391. The summed E-state index contributed by atoms with van der Waals surface area (Å²) in [5, 5.41) is 3.41. The number of nitrogens with one attached hydrogen (secondary N) is 1. The second-order valence-corrected chi connectivity index (χ2v) is 6.70. The topological polar surface area (TPSA) is 46.1 Å². The van der Waals surface area contributed by atoms with E-state index in [1.165, 1.54) is 12.0 Å². The molecule has 1 heterocycles. The molecule has 0 saturated carbocycles. The van der Waals surface area contributed by atoms with Gasteiger partial charge in [0.25, 0.3) is 0 Å². The number of hydrogen-bond donors (Lipinski definition) is 1. The summed E-state index contributed by atoms with van der Waals surface area (Å²) in [6.45, 7) is 13.5. The first-order valence-electron chi connectivity index (χ1n) is 9.46. The highest BCUT2D eigenvalue weighted by Gasteiger charge is 2.25. The van der Waals surface area contributed by atoms with Crippen LogP contribution >= 0.6 is 0 Å². The van der Waals surface area contributed by atoms with Gasteiger partial charge in [0, 0.05) is 32.2 Å². The number of benzene rings is 1. The highest BCUT2D eigenvalue weighted by atomic mass is 16.5. The van der Waals surface area contributed by atoms with Gasteiger partial charge in [0.05, 0.1) is 13.2 Å². The lowest BCUT2D eigenvalue weighted by molar-refractivity contribution is 0.114. The third-order valence-electron chi connectivity index (χ3n) is 4.30. The molecule has 1 aromatic rings. The van der Waals surface area contributed by atoms with Gasteiger partial charge in [-0.05, 0) is 51.8 Å². The number of rotatable bonds is 8. The number of aryl methyl sites for hydroxylation is 1. The molecule has 2 atom stereocenters. The third-order valence-corrected chi connectivity index (χ3v) is 4.30. The van der Waals surface area contributed by atoms with E-state index in [4.69, 9.17) is 14.5 Å². The normalized spacial score (nSPS) is 19.1. The fourth-order valence-electron chi connectivity index (χ4n) is 3.04. The molecule has 1 N–H and O–H groups in total. The largest absolute Gasteiger partial charge is 0.489 e. The lowest BCUT2D eigenvalue weighted by Crippen LogP contribution is -2.41. The van der Waals surface area contributed by atoms with Crippen molar-refractivity contribution in [3.63, 3.8) is 0 Å². The fourth-order valence-corrected chi connectivity index (χ4v) is 3.04. The Bertz CT molecular complexity index is 547. The van der Waals surface area contributed by atoms with E-state index in [9.17, 15) is 0 Å². The maximum Gasteiger partial charge on any atom is 0.194 e. The molecule has 0 amide bonds. The van der Waals surface area contributed by atoms with Crippen molar-refractivity contribution in [2.75, 3.05) is 39.4 Å². The van der Waals surface area contributed by atoms with Crippen LogP contribution in [0.5, 0.6) is 5.75 Å². The molecule has 1 aliphatic rings. The Morgan fingerprint density at radius 1 is 1.40 bits per heavy atom. The first kappa shape index (κ1) is 19.6. The van der Waals surface area contributed by atoms with Crippen molar-refractivity contribution in [1.82, 2.24) is 10.2 Å². The summed E-state index contributed by atoms with van der Waals surface area (Å²) >= 11 is 0. The molecule has 0 spiro atoms. The van der Waals surface area contributed by atoms with Gasteiger partial charge in [-0.15, -0.1) is 0 Å². The number of guanidine groups is 1. The Morgan fingerprint density at radius 2 is 2.24 bits per heavy atom. The Labute approximate surface area is 152 Å². The molecular weight excluding hydrogens is 314 g/mol. The van der Waals surface area contributed by atoms with E-state index in [1.807, 2.05) is 19.1 Å². The summed E-state index contributed by atoms with van der Waals surface area (Å²) in [5.74, 6) is 2.50. The third kappa shape index (κ3) is 6.58. The number of aliphatic imine (C=N–C) groups is 1. The average molecular weight is 348 g/mol. The van der Waals surface area contributed by atoms with Crippen molar-refractivity contribution < 1.29 is 9.47 Å². The Hall–Kier alpha value is -1.75. The van der Waals surface area contributed by atoms with Gasteiger partial charge in [-0.25, -0.2) is 4.99 Å². The minimum Gasteiger partial charge on any atom is -0.489 e. The van der Waals surface area contributed by atoms with E-state index < -0.39 is 0 Å². The van der Waals surface area contributed by atoms with Crippen LogP contribution in [-0.2, 0) is 4.74 Å². The van der Waals surface area contributed by atoms with Crippen molar-refractivity contribution in [1.29, 1.82) is 0 Å². The Kier molecular flexibility index (Phi) is 8.06. The smallest absolute Gasteiger partial charge is 0.194 e. The molecule has 2 unspecified atom stereocenters. The molecule has 2 rings (SSSR count). The molecule has 5 nitrogen and oxygen atoms in total. The van der Waals surface area contributed by atoms with Crippen LogP contribution in [0.1, 0.15) is 32.8 Å². The van der Waals surface area contributed by atoms with E-state index in [0.29, 0.717) is 12.5 Å². The highest BCUT2D eigenvalue weighted by Crippen LogP contribution is 2.17. The van der Waals surface area contributed by atoms with Crippen LogP contribution in [0.2, 0.25) is 0 Å². The second kappa shape index (κ2) is 10.3. The predicted octanol–water partition coefficient (Wildman–Crippen LogP) is 3.09. The molecule has 1 aromatic carbocycles. The van der Waals surface area contributed by atoms with Gasteiger partial charge in [0.15, 0.2) is 5.96 Å². The van der Waals surface area contributed by atoms with Crippen LogP contribution in [0.25, 0.3) is 0 Å². The van der Waals surface area contributed by atoms with Crippen LogP contribution in [0.3, 0.4) is 0 Å². The molecule has 1 saturated heterocycles. The average Bonchev–Trinajstić information content (AvgIpc) is 3.05. The monoisotopic (exact) mass is 347 g/mol. The van der Waals surface area contributed by atoms with Crippen LogP contribution in [0.4, 0.5) is 0 Å². The van der Waals surface area contributed by atoms with Crippen LogP contribution in [0, 0.1) is 12.8 Å².